The second-order valence-electron chi connectivity index (χ2n) is 4.87. The Labute approximate surface area is 126 Å². The molecule has 0 unspecified atom stereocenters. The monoisotopic (exact) mass is 317 g/mol. The van der Waals surface area contributed by atoms with E-state index in [-0.39, 0.29) is 22.4 Å². The van der Waals surface area contributed by atoms with Gasteiger partial charge >= 0.3 is 0 Å². The molecule has 1 aromatic carbocycles. The Kier molecular flexibility index (Phi) is 4.94. The lowest BCUT2D eigenvalue weighted by atomic mass is 9.79. The van der Waals surface area contributed by atoms with Crippen LogP contribution in [0.5, 0.6) is 0 Å². The average Bonchev–Trinajstić information content (AvgIpc) is 2.40. The number of halogens is 2. The van der Waals surface area contributed by atoms with Crippen molar-refractivity contribution in [3.8, 4) is 0 Å². The van der Waals surface area contributed by atoms with Gasteiger partial charge in [-0.25, -0.2) is 4.39 Å². The first kappa shape index (κ1) is 15.6. The fourth-order valence-corrected chi connectivity index (χ4v) is 3.72. The van der Waals surface area contributed by atoms with E-state index in [1.54, 1.807) is 11.8 Å². The Balaban J connectivity index is 1.99. The molecule has 0 heterocycles. The molecule has 2 N–H and O–H groups in total. The number of hydrogen-bond donors (Lipinski definition) is 2. The van der Waals surface area contributed by atoms with Gasteiger partial charge in [0.15, 0.2) is 0 Å². The van der Waals surface area contributed by atoms with Gasteiger partial charge in [0.2, 0.25) is 0 Å². The zero-order valence-corrected chi connectivity index (χ0v) is 12.7. The third-order valence-electron chi connectivity index (χ3n) is 3.55. The maximum atomic E-state index is 13.6. The maximum Gasteiger partial charge on any atom is 0.255 e. The first-order valence-electron chi connectivity index (χ1n) is 6.54. The van der Waals surface area contributed by atoms with Crippen molar-refractivity contribution in [2.75, 3.05) is 12.3 Å². The molecular formula is C14H17ClFNO2S. The number of benzene rings is 1. The van der Waals surface area contributed by atoms with Gasteiger partial charge in [-0.2, -0.15) is 11.8 Å². The van der Waals surface area contributed by atoms with Crippen molar-refractivity contribution in [1.82, 2.24) is 5.32 Å². The van der Waals surface area contributed by atoms with Crippen LogP contribution in [0.3, 0.4) is 0 Å². The van der Waals surface area contributed by atoms with Crippen LogP contribution in [-0.2, 0) is 0 Å². The standard InChI is InChI=1S/C14H17ClFNO2S/c1-2-20-11-6-7-14(11,19)8-17-13(18)12-9(15)4-3-5-10(12)16/h3-5,11,19H,2,6-8H2,1H3,(H,17,18)/t11-,14-/m1/s1. The van der Waals surface area contributed by atoms with Gasteiger partial charge in [-0.3, -0.25) is 4.79 Å². The van der Waals surface area contributed by atoms with Gasteiger partial charge in [-0.05, 0) is 30.7 Å². The summed E-state index contributed by atoms with van der Waals surface area (Å²) in [4.78, 5) is 12.0. The Morgan fingerprint density at radius 1 is 1.65 bits per heavy atom. The lowest BCUT2D eigenvalue weighted by Crippen LogP contribution is -2.57. The van der Waals surface area contributed by atoms with Crippen molar-refractivity contribution < 1.29 is 14.3 Å². The molecule has 6 heteroatoms. The Hall–Kier alpha value is -0.780. The van der Waals surface area contributed by atoms with Crippen molar-refractivity contribution in [1.29, 1.82) is 0 Å². The fourth-order valence-electron chi connectivity index (χ4n) is 2.27. The van der Waals surface area contributed by atoms with Crippen LogP contribution in [0.2, 0.25) is 5.02 Å². The predicted octanol–water partition coefficient (Wildman–Crippen LogP) is 2.86. The summed E-state index contributed by atoms with van der Waals surface area (Å²) in [5, 5.41) is 13.2. The van der Waals surface area contributed by atoms with Crippen molar-refractivity contribution in [3.63, 3.8) is 0 Å². The van der Waals surface area contributed by atoms with Crippen LogP contribution >= 0.6 is 23.4 Å². The van der Waals surface area contributed by atoms with Crippen molar-refractivity contribution in [2.24, 2.45) is 0 Å². The summed E-state index contributed by atoms with van der Waals surface area (Å²) in [5.41, 5.74) is -1.06. The summed E-state index contributed by atoms with van der Waals surface area (Å²) in [6.45, 7) is 2.15. The van der Waals surface area contributed by atoms with Gasteiger partial charge < -0.3 is 10.4 Å². The lowest BCUT2D eigenvalue weighted by Gasteiger charge is -2.45. The number of rotatable bonds is 5. The summed E-state index contributed by atoms with van der Waals surface area (Å²) in [7, 11) is 0. The van der Waals surface area contributed by atoms with E-state index >= 15 is 0 Å². The highest BCUT2D eigenvalue weighted by Gasteiger charge is 2.45. The number of hydrogen-bond acceptors (Lipinski definition) is 3. The topological polar surface area (TPSA) is 49.3 Å². The highest BCUT2D eigenvalue weighted by molar-refractivity contribution is 8.00. The third-order valence-corrected chi connectivity index (χ3v) is 5.28. The zero-order valence-electron chi connectivity index (χ0n) is 11.2. The molecule has 1 aromatic rings. The van der Waals surface area contributed by atoms with Gasteiger partial charge in [0.1, 0.15) is 5.82 Å². The predicted molar refractivity (Wildman–Crippen MR) is 79.8 cm³/mol. The largest absolute Gasteiger partial charge is 0.387 e. The zero-order chi connectivity index (χ0) is 14.8. The van der Waals surface area contributed by atoms with E-state index in [9.17, 15) is 14.3 Å². The summed E-state index contributed by atoms with van der Waals surface area (Å²) in [5.74, 6) is -0.330. The highest BCUT2D eigenvalue weighted by atomic mass is 35.5. The Bertz CT molecular complexity index is 494. The molecule has 1 amide bonds. The summed E-state index contributed by atoms with van der Waals surface area (Å²) >= 11 is 7.51. The minimum Gasteiger partial charge on any atom is -0.387 e. The molecule has 0 aliphatic heterocycles. The van der Waals surface area contributed by atoms with E-state index in [2.05, 4.69) is 5.32 Å². The molecule has 3 nitrogen and oxygen atoms in total. The third kappa shape index (κ3) is 3.10. The van der Waals surface area contributed by atoms with Crippen LogP contribution in [0.1, 0.15) is 30.1 Å². The molecule has 1 aliphatic carbocycles. The number of nitrogens with one attached hydrogen (secondary N) is 1. The second kappa shape index (κ2) is 6.33. The molecule has 110 valence electrons. The fraction of sp³-hybridized carbons (Fsp3) is 0.500. The van der Waals surface area contributed by atoms with Gasteiger partial charge in [-0.1, -0.05) is 24.6 Å². The number of amides is 1. The lowest BCUT2D eigenvalue weighted by molar-refractivity contribution is -0.0222. The smallest absolute Gasteiger partial charge is 0.255 e. The first-order chi connectivity index (χ1) is 9.48. The van der Waals surface area contributed by atoms with Gasteiger partial charge in [0.05, 0.1) is 16.2 Å². The minimum atomic E-state index is -0.895. The van der Waals surface area contributed by atoms with Crippen LogP contribution < -0.4 is 5.32 Å². The van der Waals surface area contributed by atoms with Gasteiger partial charge in [-0.15, -0.1) is 0 Å². The van der Waals surface area contributed by atoms with Crippen LogP contribution in [0, 0.1) is 5.82 Å². The molecule has 2 rings (SSSR count). The van der Waals surface area contributed by atoms with Gasteiger partial charge in [0.25, 0.3) is 5.91 Å². The molecule has 0 aromatic heterocycles. The van der Waals surface area contributed by atoms with E-state index in [0.29, 0.717) is 6.42 Å². The van der Waals surface area contributed by atoms with E-state index in [1.807, 2.05) is 6.92 Å². The van der Waals surface area contributed by atoms with E-state index in [4.69, 9.17) is 11.6 Å². The van der Waals surface area contributed by atoms with E-state index in [1.165, 1.54) is 18.2 Å². The molecule has 20 heavy (non-hydrogen) atoms. The molecule has 1 fully saturated rings. The molecule has 0 spiro atoms. The molecular weight excluding hydrogens is 301 g/mol. The molecule has 0 saturated heterocycles. The van der Waals surface area contributed by atoms with Crippen LogP contribution in [0.4, 0.5) is 4.39 Å². The highest BCUT2D eigenvalue weighted by Crippen LogP contribution is 2.40. The summed E-state index contributed by atoms with van der Waals surface area (Å²) < 4.78 is 13.6. The number of carbonyl (C=O) groups is 1. The maximum absolute atomic E-state index is 13.6. The van der Waals surface area contributed by atoms with Crippen LogP contribution in [-0.4, -0.2) is 34.2 Å². The minimum absolute atomic E-state index is 0.0718. The molecule has 0 bridgehead atoms. The number of aliphatic hydroxyl groups is 1. The summed E-state index contributed by atoms with van der Waals surface area (Å²) in [6, 6.07) is 4.10. The second-order valence-corrected chi connectivity index (χ2v) is 6.75. The van der Waals surface area contributed by atoms with Crippen molar-refractivity contribution in [3.05, 3.63) is 34.6 Å². The van der Waals surface area contributed by atoms with E-state index < -0.39 is 17.3 Å². The Morgan fingerprint density at radius 2 is 2.40 bits per heavy atom. The average molecular weight is 318 g/mol. The normalized spacial score (nSPS) is 25.1. The van der Waals surface area contributed by atoms with Crippen molar-refractivity contribution in [2.45, 2.75) is 30.6 Å². The van der Waals surface area contributed by atoms with Crippen LogP contribution in [0.15, 0.2) is 18.2 Å². The quantitative estimate of drug-likeness (QED) is 0.878. The number of carbonyl (C=O) groups excluding carboxylic acids is 1. The Morgan fingerprint density at radius 3 is 2.95 bits per heavy atom. The van der Waals surface area contributed by atoms with Crippen LogP contribution in [0.25, 0.3) is 0 Å². The molecule has 0 radical (unpaired) electrons. The SMILES string of the molecule is CCS[C@@H]1CC[C@@]1(O)CNC(=O)c1c(F)cccc1Cl. The molecule has 1 saturated carbocycles. The molecule has 2 atom stereocenters. The van der Waals surface area contributed by atoms with Gasteiger partial charge in [0, 0.05) is 11.8 Å². The number of thioether (sulfide) groups is 1. The summed E-state index contributed by atoms with van der Waals surface area (Å²) in [6.07, 6.45) is 1.58. The van der Waals surface area contributed by atoms with Crippen molar-refractivity contribution >= 4 is 29.3 Å². The first-order valence-corrected chi connectivity index (χ1v) is 7.97. The van der Waals surface area contributed by atoms with E-state index in [0.717, 1.165) is 12.2 Å². The molecule has 1 aliphatic rings.